The van der Waals surface area contributed by atoms with Gasteiger partial charge in [0, 0.05) is 6.54 Å². The molecule has 0 bridgehead atoms. The molecule has 0 atom stereocenters. The summed E-state index contributed by atoms with van der Waals surface area (Å²) < 4.78 is 5.69. The fraction of sp³-hybridized carbons (Fsp3) is 0.438. The normalized spacial score (nSPS) is 16.0. The molecule has 0 radical (unpaired) electrons. The topological polar surface area (TPSA) is 52.6 Å². The highest BCUT2D eigenvalue weighted by molar-refractivity contribution is 5.83. The van der Waals surface area contributed by atoms with E-state index in [9.17, 15) is 9.90 Å². The molecule has 4 nitrogen and oxygen atoms in total. The van der Waals surface area contributed by atoms with Crippen LogP contribution in [0.4, 0.5) is 0 Å². The van der Waals surface area contributed by atoms with Crippen molar-refractivity contribution < 1.29 is 14.6 Å². The van der Waals surface area contributed by atoms with E-state index in [0.29, 0.717) is 13.2 Å². The molecule has 0 amide bonds. The van der Waals surface area contributed by atoms with Crippen LogP contribution >= 0.6 is 0 Å². The quantitative estimate of drug-likeness (QED) is 0.551. The predicted molar refractivity (Wildman–Crippen MR) is 75.8 cm³/mol. The van der Waals surface area contributed by atoms with E-state index in [4.69, 9.17) is 4.74 Å². The lowest BCUT2D eigenvalue weighted by molar-refractivity contribution is -0.297. The lowest BCUT2D eigenvalue weighted by Crippen LogP contribution is -2.23. The van der Waals surface area contributed by atoms with Gasteiger partial charge in [-0.1, -0.05) is 30.3 Å². The number of rotatable bonds is 7. The molecule has 0 aromatic heterocycles. The van der Waals surface area contributed by atoms with E-state index in [1.165, 1.54) is 25.9 Å². The first-order valence-corrected chi connectivity index (χ1v) is 7.03. The van der Waals surface area contributed by atoms with Gasteiger partial charge in [0.2, 0.25) is 0 Å². The van der Waals surface area contributed by atoms with E-state index in [-0.39, 0.29) is 0 Å². The van der Waals surface area contributed by atoms with Gasteiger partial charge in [0.25, 0.3) is 0 Å². The van der Waals surface area contributed by atoms with E-state index in [0.717, 1.165) is 23.7 Å². The second kappa shape index (κ2) is 7.82. The lowest BCUT2D eigenvalue weighted by atomic mass is 10.1. The molecule has 0 aliphatic carbocycles. The monoisotopic (exact) mass is 274 g/mol. The lowest BCUT2D eigenvalue weighted by Gasteiger charge is -2.14. The largest absolute Gasteiger partial charge is 0.545 e. The zero-order chi connectivity index (χ0) is 14.2. The third kappa shape index (κ3) is 4.79. The minimum atomic E-state index is -1.19. The number of carbonyl (C=O) groups excluding carboxylic acids is 1. The van der Waals surface area contributed by atoms with Crippen molar-refractivity contribution in [3.8, 4) is 0 Å². The number of carboxylic acids is 1. The first-order valence-electron chi connectivity index (χ1n) is 7.03. The van der Waals surface area contributed by atoms with E-state index < -0.39 is 5.97 Å². The second-order valence-electron chi connectivity index (χ2n) is 4.95. The van der Waals surface area contributed by atoms with Crippen LogP contribution in [0.25, 0.3) is 6.08 Å². The molecule has 0 saturated carbocycles. The molecule has 4 heteroatoms. The summed E-state index contributed by atoms with van der Waals surface area (Å²) in [6.45, 7) is 4.53. The molecule has 1 aromatic carbocycles. The third-order valence-corrected chi connectivity index (χ3v) is 3.46. The Hall–Kier alpha value is -1.65. The highest BCUT2D eigenvalue weighted by atomic mass is 16.5. The number of likely N-dealkylation sites (tertiary alicyclic amines) is 1. The summed E-state index contributed by atoms with van der Waals surface area (Å²) in [5, 5.41) is 10.5. The van der Waals surface area contributed by atoms with Crippen molar-refractivity contribution in [2.75, 3.05) is 26.2 Å². The van der Waals surface area contributed by atoms with Crippen molar-refractivity contribution in [3.63, 3.8) is 0 Å². The highest BCUT2D eigenvalue weighted by Crippen LogP contribution is 2.12. The van der Waals surface area contributed by atoms with Crippen molar-refractivity contribution in [2.24, 2.45) is 0 Å². The van der Waals surface area contributed by atoms with E-state index in [1.807, 2.05) is 24.3 Å². The summed E-state index contributed by atoms with van der Waals surface area (Å²) in [5.74, 6) is -1.19. The zero-order valence-electron chi connectivity index (χ0n) is 11.6. The summed E-state index contributed by atoms with van der Waals surface area (Å²) in [6, 6.07) is 7.63. The van der Waals surface area contributed by atoms with Crippen LogP contribution in [0.2, 0.25) is 0 Å². The highest BCUT2D eigenvalue weighted by Gasteiger charge is 2.10. The predicted octanol–water partition coefficient (Wildman–Crippen LogP) is 1.06. The molecule has 108 valence electrons. The Bertz CT molecular complexity index is 465. The number of carbonyl (C=O) groups is 1. The summed E-state index contributed by atoms with van der Waals surface area (Å²) in [7, 11) is 0. The number of nitrogens with zero attached hydrogens (tertiary/aromatic N) is 1. The van der Waals surface area contributed by atoms with Crippen LogP contribution in [-0.2, 0) is 16.1 Å². The minimum absolute atomic E-state index is 0.501. The number of benzene rings is 1. The number of carboxylic acid groups (broad SMARTS) is 1. The zero-order valence-corrected chi connectivity index (χ0v) is 11.6. The Kier molecular flexibility index (Phi) is 5.77. The standard InChI is InChI=1S/C16H21NO3/c18-16(19)8-7-14-5-1-2-6-15(14)13-20-12-11-17-9-3-4-10-17/h1-2,5-8H,3-4,9-13H2,(H,18,19)/p-1/b8-7+. The first kappa shape index (κ1) is 14.8. The van der Waals surface area contributed by atoms with E-state index >= 15 is 0 Å². The van der Waals surface area contributed by atoms with Gasteiger partial charge in [-0.15, -0.1) is 0 Å². The summed E-state index contributed by atoms with van der Waals surface area (Å²) >= 11 is 0. The Morgan fingerprint density at radius 2 is 2.05 bits per heavy atom. The van der Waals surface area contributed by atoms with Crippen molar-refractivity contribution in [3.05, 3.63) is 41.5 Å². The second-order valence-corrected chi connectivity index (χ2v) is 4.95. The Labute approximate surface area is 119 Å². The Morgan fingerprint density at radius 1 is 1.30 bits per heavy atom. The van der Waals surface area contributed by atoms with Crippen molar-refractivity contribution >= 4 is 12.0 Å². The molecule has 1 saturated heterocycles. The molecule has 20 heavy (non-hydrogen) atoms. The fourth-order valence-corrected chi connectivity index (χ4v) is 2.37. The molecule has 2 rings (SSSR count). The van der Waals surface area contributed by atoms with E-state index in [1.54, 1.807) is 6.08 Å². The smallest absolute Gasteiger partial charge is 0.0723 e. The summed E-state index contributed by atoms with van der Waals surface area (Å²) in [4.78, 5) is 12.9. The van der Waals surface area contributed by atoms with Gasteiger partial charge in [-0.25, -0.2) is 0 Å². The molecule has 1 aliphatic heterocycles. The SMILES string of the molecule is O=C([O-])/C=C/c1ccccc1COCCN1CCCC1. The Balaban J connectivity index is 1.80. The van der Waals surface area contributed by atoms with Crippen LogP contribution in [0.15, 0.2) is 30.3 Å². The maximum atomic E-state index is 10.5. The van der Waals surface area contributed by atoms with Crippen LogP contribution < -0.4 is 5.11 Å². The number of hydrogen-bond donors (Lipinski definition) is 0. The van der Waals surface area contributed by atoms with Gasteiger partial charge >= 0.3 is 0 Å². The van der Waals surface area contributed by atoms with Crippen molar-refractivity contribution in [1.29, 1.82) is 0 Å². The van der Waals surface area contributed by atoms with Gasteiger partial charge in [-0.2, -0.15) is 0 Å². The van der Waals surface area contributed by atoms with Gasteiger partial charge in [-0.3, -0.25) is 0 Å². The van der Waals surface area contributed by atoms with Crippen LogP contribution in [0, 0.1) is 0 Å². The van der Waals surface area contributed by atoms with Crippen LogP contribution in [0.1, 0.15) is 24.0 Å². The third-order valence-electron chi connectivity index (χ3n) is 3.46. The fourth-order valence-electron chi connectivity index (χ4n) is 2.37. The first-order chi connectivity index (χ1) is 9.75. The van der Waals surface area contributed by atoms with Crippen LogP contribution in [0.3, 0.4) is 0 Å². The molecule has 1 fully saturated rings. The maximum Gasteiger partial charge on any atom is 0.0723 e. The van der Waals surface area contributed by atoms with Crippen molar-refractivity contribution in [1.82, 2.24) is 4.90 Å². The van der Waals surface area contributed by atoms with Crippen LogP contribution in [-0.4, -0.2) is 37.1 Å². The van der Waals surface area contributed by atoms with Gasteiger partial charge < -0.3 is 19.5 Å². The number of ether oxygens (including phenoxy) is 1. The van der Waals surface area contributed by atoms with Gasteiger partial charge in [0.05, 0.1) is 19.2 Å². The molecule has 1 heterocycles. The molecule has 1 aromatic rings. The molecule has 0 spiro atoms. The van der Waals surface area contributed by atoms with Gasteiger partial charge in [0.15, 0.2) is 0 Å². The molecule has 0 unspecified atom stereocenters. The molecule has 0 N–H and O–H groups in total. The number of hydrogen-bond acceptors (Lipinski definition) is 4. The average Bonchev–Trinajstić information content (AvgIpc) is 2.95. The molecular weight excluding hydrogens is 254 g/mol. The van der Waals surface area contributed by atoms with Crippen molar-refractivity contribution in [2.45, 2.75) is 19.4 Å². The van der Waals surface area contributed by atoms with Gasteiger partial charge in [-0.05, 0) is 43.1 Å². The average molecular weight is 274 g/mol. The van der Waals surface area contributed by atoms with Gasteiger partial charge in [0.1, 0.15) is 0 Å². The van der Waals surface area contributed by atoms with Crippen LogP contribution in [0.5, 0.6) is 0 Å². The Morgan fingerprint density at radius 3 is 2.80 bits per heavy atom. The summed E-state index contributed by atoms with van der Waals surface area (Å²) in [6.07, 6.45) is 5.17. The maximum absolute atomic E-state index is 10.5. The number of aliphatic carboxylic acids is 1. The minimum Gasteiger partial charge on any atom is -0.545 e. The van der Waals surface area contributed by atoms with E-state index in [2.05, 4.69) is 4.90 Å². The molecular formula is C16H20NO3-. The summed E-state index contributed by atoms with van der Waals surface area (Å²) in [5.41, 5.74) is 1.85. The molecule has 1 aliphatic rings.